The summed E-state index contributed by atoms with van der Waals surface area (Å²) in [5.41, 5.74) is -0.340. The summed E-state index contributed by atoms with van der Waals surface area (Å²) in [4.78, 5) is 41.1. The first kappa shape index (κ1) is 29.4. The van der Waals surface area contributed by atoms with Crippen LogP contribution in [-0.2, 0) is 9.47 Å². The van der Waals surface area contributed by atoms with Crippen molar-refractivity contribution in [1.29, 1.82) is 0 Å². The predicted octanol–water partition coefficient (Wildman–Crippen LogP) is 4.33. The summed E-state index contributed by atoms with van der Waals surface area (Å²) in [6.45, 7) is 10.6. The molecular formula is C25H38ClN3O7. The van der Waals surface area contributed by atoms with E-state index in [9.17, 15) is 14.4 Å². The zero-order valence-corrected chi connectivity index (χ0v) is 22.9. The van der Waals surface area contributed by atoms with Gasteiger partial charge in [-0.15, -0.1) is 0 Å². The number of halogens is 1. The molecule has 202 valence electrons. The van der Waals surface area contributed by atoms with Crippen molar-refractivity contribution in [2.24, 2.45) is 0 Å². The number of likely N-dealkylation sites (tertiary alicyclic amines) is 1. The number of benzene rings is 1. The highest BCUT2D eigenvalue weighted by Gasteiger charge is 2.35. The molecule has 0 saturated carbocycles. The second kappa shape index (κ2) is 12.9. The fourth-order valence-corrected chi connectivity index (χ4v) is 4.23. The fourth-order valence-electron chi connectivity index (χ4n) is 3.99. The number of methoxy groups -OCH3 is 2. The van der Waals surface area contributed by atoms with Gasteiger partial charge in [0.1, 0.15) is 12.2 Å². The Morgan fingerprint density at radius 2 is 1.89 bits per heavy atom. The van der Waals surface area contributed by atoms with E-state index in [1.165, 1.54) is 20.3 Å². The Morgan fingerprint density at radius 3 is 2.47 bits per heavy atom. The third-order valence-electron chi connectivity index (χ3n) is 5.53. The van der Waals surface area contributed by atoms with E-state index < -0.39 is 11.7 Å². The molecular weight excluding hydrogens is 490 g/mol. The lowest BCUT2D eigenvalue weighted by molar-refractivity contribution is 0.00751. The molecule has 3 amide bonds. The maximum absolute atomic E-state index is 13.8. The zero-order valence-electron chi connectivity index (χ0n) is 22.2. The Bertz CT molecular complexity index is 933. The average molecular weight is 528 g/mol. The monoisotopic (exact) mass is 527 g/mol. The SMILES string of the molecule is COC(=O)NCCOc1cc(C(=O)N(C(C)C)[C@@H]2CCCN(C(=O)OC(C)(C)C)C2)c(Cl)cc1OC. The first-order valence-corrected chi connectivity index (χ1v) is 12.4. The largest absolute Gasteiger partial charge is 0.493 e. The molecule has 0 aliphatic carbocycles. The third-order valence-corrected chi connectivity index (χ3v) is 5.84. The van der Waals surface area contributed by atoms with Crippen molar-refractivity contribution in [2.75, 3.05) is 40.5 Å². The maximum atomic E-state index is 13.8. The van der Waals surface area contributed by atoms with Crippen LogP contribution in [0.5, 0.6) is 11.5 Å². The van der Waals surface area contributed by atoms with Gasteiger partial charge in [-0.1, -0.05) is 11.6 Å². The summed E-state index contributed by atoms with van der Waals surface area (Å²) in [5.74, 6) is 0.408. The highest BCUT2D eigenvalue weighted by atomic mass is 35.5. The molecule has 36 heavy (non-hydrogen) atoms. The highest BCUT2D eigenvalue weighted by Crippen LogP contribution is 2.35. The van der Waals surface area contributed by atoms with Crippen LogP contribution < -0.4 is 14.8 Å². The lowest BCUT2D eigenvalue weighted by Gasteiger charge is -2.41. The van der Waals surface area contributed by atoms with Crippen molar-refractivity contribution >= 4 is 29.7 Å². The topological polar surface area (TPSA) is 107 Å². The number of piperidine rings is 1. The number of hydrogen-bond acceptors (Lipinski definition) is 7. The standard InChI is InChI=1S/C25H38ClN3O7/c1-16(2)29(17-9-8-11-28(15-17)24(32)36-25(3,4)5)22(30)18-13-21(20(33-6)14-19(18)26)35-12-10-27-23(31)34-7/h13-14,16-17H,8-12,15H2,1-7H3,(H,27,31)/t17-/m1/s1. The minimum atomic E-state index is -0.600. The van der Waals surface area contributed by atoms with E-state index in [1.54, 1.807) is 15.9 Å². The van der Waals surface area contributed by atoms with Crippen LogP contribution in [0, 0.1) is 0 Å². The second-order valence-electron chi connectivity index (χ2n) is 9.78. The molecule has 0 unspecified atom stereocenters. The molecule has 10 nitrogen and oxygen atoms in total. The van der Waals surface area contributed by atoms with Gasteiger partial charge in [0, 0.05) is 25.2 Å². The molecule has 1 aromatic rings. The number of ether oxygens (including phenoxy) is 4. The fraction of sp³-hybridized carbons (Fsp3) is 0.640. The molecule has 1 aliphatic rings. The lowest BCUT2D eigenvalue weighted by Crippen LogP contribution is -2.54. The number of nitrogens with one attached hydrogen (secondary N) is 1. The van der Waals surface area contributed by atoms with Gasteiger partial charge in [-0.25, -0.2) is 9.59 Å². The van der Waals surface area contributed by atoms with Crippen molar-refractivity contribution in [3.63, 3.8) is 0 Å². The van der Waals surface area contributed by atoms with Crippen LogP contribution in [0.4, 0.5) is 9.59 Å². The molecule has 0 spiro atoms. The molecule has 1 heterocycles. The van der Waals surface area contributed by atoms with Gasteiger partial charge in [-0.3, -0.25) is 4.79 Å². The summed E-state index contributed by atoms with van der Waals surface area (Å²) in [7, 11) is 2.75. The molecule has 0 radical (unpaired) electrons. The number of hydrogen-bond donors (Lipinski definition) is 1. The third kappa shape index (κ3) is 8.08. The molecule has 1 aromatic carbocycles. The van der Waals surface area contributed by atoms with Gasteiger partial charge in [-0.2, -0.15) is 0 Å². The van der Waals surface area contributed by atoms with Crippen molar-refractivity contribution in [2.45, 2.75) is 65.1 Å². The smallest absolute Gasteiger partial charge is 0.410 e. The van der Waals surface area contributed by atoms with Crippen molar-refractivity contribution < 1.29 is 33.3 Å². The van der Waals surface area contributed by atoms with Crippen LogP contribution in [0.1, 0.15) is 57.8 Å². The summed E-state index contributed by atoms with van der Waals surface area (Å²) < 4.78 is 21.2. The van der Waals surface area contributed by atoms with Crippen LogP contribution in [0.2, 0.25) is 5.02 Å². The Labute approximate surface area is 218 Å². The van der Waals surface area contributed by atoms with Gasteiger partial charge in [0.15, 0.2) is 11.5 Å². The Morgan fingerprint density at radius 1 is 1.19 bits per heavy atom. The van der Waals surface area contributed by atoms with E-state index in [2.05, 4.69) is 10.1 Å². The van der Waals surface area contributed by atoms with Gasteiger partial charge in [-0.05, 0) is 53.5 Å². The van der Waals surface area contributed by atoms with Gasteiger partial charge >= 0.3 is 12.2 Å². The summed E-state index contributed by atoms with van der Waals surface area (Å²) in [5, 5.41) is 2.75. The molecule has 0 aromatic heterocycles. The van der Waals surface area contributed by atoms with Gasteiger partial charge < -0.3 is 34.1 Å². The first-order chi connectivity index (χ1) is 16.9. The van der Waals surface area contributed by atoms with Crippen LogP contribution in [0.3, 0.4) is 0 Å². The molecule has 0 bridgehead atoms. The summed E-state index contributed by atoms with van der Waals surface area (Å²) >= 11 is 6.49. The van der Waals surface area contributed by atoms with Gasteiger partial charge in [0.2, 0.25) is 0 Å². The van der Waals surface area contributed by atoms with E-state index in [0.29, 0.717) is 24.6 Å². The number of nitrogens with zero attached hydrogens (tertiary/aromatic N) is 2. The van der Waals surface area contributed by atoms with Crippen LogP contribution in [0.15, 0.2) is 12.1 Å². The number of rotatable bonds is 8. The summed E-state index contributed by atoms with van der Waals surface area (Å²) in [6.07, 6.45) is 0.540. The van der Waals surface area contributed by atoms with Crippen molar-refractivity contribution in [3.05, 3.63) is 22.7 Å². The number of carbonyl (C=O) groups is 3. The van der Waals surface area contributed by atoms with Crippen LogP contribution in [-0.4, -0.2) is 86.0 Å². The van der Waals surface area contributed by atoms with E-state index in [1.807, 2.05) is 34.6 Å². The number of carbonyl (C=O) groups excluding carboxylic acids is 3. The van der Waals surface area contributed by atoms with Crippen LogP contribution >= 0.6 is 11.6 Å². The predicted molar refractivity (Wildman–Crippen MR) is 136 cm³/mol. The second-order valence-corrected chi connectivity index (χ2v) is 10.2. The minimum Gasteiger partial charge on any atom is -0.493 e. The molecule has 1 atom stereocenters. The van der Waals surface area contributed by atoms with E-state index >= 15 is 0 Å². The molecule has 11 heteroatoms. The van der Waals surface area contributed by atoms with E-state index in [4.69, 9.17) is 25.8 Å². The number of amides is 3. The Kier molecular flexibility index (Phi) is 10.5. The Hall–Kier alpha value is -2.88. The normalized spacial score (nSPS) is 15.8. The minimum absolute atomic E-state index is 0.127. The van der Waals surface area contributed by atoms with Gasteiger partial charge in [0.25, 0.3) is 5.91 Å². The summed E-state index contributed by atoms with van der Waals surface area (Å²) in [6, 6.07) is 2.73. The molecule has 2 rings (SSSR count). The Balaban J connectivity index is 2.24. The zero-order chi connectivity index (χ0) is 27.0. The van der Waals surface area contributed by atoms with Crippen molar-refractivity contribution in [3.8, 4) is 11.5 Å². The number of alkyl carbamates (subject to hydrolysis) is 1. The lowest BCUT2D eigenvalue weighted by atomic mass is 10.0. The molecule has 1 fully saturated rings. The molecule has 1 saturated heterocycles. The van der Waals surface area contributed by atoms with Crippen molar-refractivity contribution in [1.82, 2.24) is 15.1 Å². The first-order valence-electron chi connectivity index (χ1n) is 12.0. The quantitative estimate of drug-likeness (QED) is 0.501. The van der Waals surface area contributed by atoms with Gasteiger partial charge in [0.05, 0.1) is 37.4 Å². The highest BCUT2D eigenvalue weighted by molar-refractivity contribution is 6.34. The maximum Gasteiger partial charge on any atom is 0.410 e. The van der Waals surface area contributed by atoms with E-state index in [0.717, 1.165) is 12.8 Å². The van der Waals surface area contributed by atoms with E-state index in [-0.39, 0.29) is 47.8 Å². The van der Waals surface area contributed by atoms with Crippen LogP contribution in [0.25, 0.3) is 0 Å². The average Bonchev–Trinajstić information content (AvgIpc) is 2.80. The molecule has 1 N–H and O–H groups in total. The molecule has 1 aliphatic heterocycles.